The molecule has 0 aromatic rings. The fourth-order valence-electron chi connectivity index (χ4n) is 3.73. The van der Waals surface area contributed by atoms with Gasteiger partial charge in [0.2, 0.25) is 5.60 Å². The zero-order valence-electron chi connectivity index (χ0n) is 23.1. The van der Waals surface area contributed by atoms with Gasteiger partial charge in [-0.05, 0) is 26.2 Å². The Morgan fingerprint density at radius 1 is 0.659 bits per heavy atom. The van der Waals surface area contributed by atoms with Crippen molar-refractivity contribution < 1.29 is 89.3 Å². The molecule has 0 aromatic heterocycles. The number of Topliss-reactive ketones (excluding diaryl/α,β-unsaturated/α-hetero) is 1. The molecule has 240 valence electrons. The van der Waals surface area contributed by atoms with Crippen LogP contribution in [0.4, 0.5) is 14.4 Å². The van der Waals surface area contributed by atoms with Gasteiger partial charge in [-0.3, -0.25) is 19.3 Å². The minimum atomic E-state index is -2.68. The maximum Gasteiger partial charge on any atom is 0.537 e. The van der Waals surface area contributed by atoms with Crippen LogP contribution in [-0.4, -0.2) is 100 Å². The van der Waals surface area contributed by atoms with Crippen molar-refractivity contribution in [1.82, 2.24) is 0 Å². The van der Waals surface area contributed by atoms with E-state index in [9.17, 15) is 34.5 Å². The highest BCUT2D eigenvalue weighted by molar-refractivity contribution is 6.06. The summed E-state index contributed by atoms with van der Waals surface area (Å²) in [4.78, 5) is 78.0. The molecule has 0 aliphatic rings. The first-order valence-corrected chi connectivity index (χ1v) is 12.0. The molecule has 0 bridgehead atoms. The molecule has 0 rings (SSSR count). The van der Waals surface area contributed by atoms with Crippen LogP contribution in [0.25, 0.3) is 0 Å². The lowest BCUT2D eigenvalue weighted by Gasteiger charge is -2.47. The molecule has 0 saturated heterocycles. The van der Waals surface area contributed by atoms with Gasteiger partial charge in [-0.25, -0.2) is 19.2 Å². The molecule has 0 saturated carbocycles. The first-order chi connectivity index (χ1) is 18.8. The Hall–Kier alpha value is -4.19. The average molecular weight is 605 g/mol. The van der Waals surface area contributed by atoms with E-state index >= 15 is 0 Å². The summed E-state index contributed by atoms with van der Waals surface area (Å²) < 4.78 is 5.66. The second kappa shape index (κ2) is 23.7. The van der Waals surface area contributed by atoms with Crippen molar-refractivity contribution in [1.29, 1.82) is 0 Å². The van der Waals surface area contributed by atoms with E-state index in [0.29, 0.717) is 38.5 Å². The first kappa shape index (κ1) is 43.8. The predicted molar refractivity (Wildman–Crippen MR) is 135 cm³/mol. The average Bonchev–Trinajstić information content (AvgIpc) is 2.82. The number of hydrogen-bond acceptors (Lipinski definition) is 10. The second-order valence-corrected chi connectivity index (χ2v) is 8.14. The number of aliphatic carboxylic acids is 3. The smallest absolute Gasteiger partial charge is 0.481 e. The molecule has 0 radical (unpaired) electrons. The fraction of sp³-hybridized carbons (Fsp3) is 0.696. The van der Waals surface area contributed by atoms with Crippen molar-refractivity contribution in [3.05, 3.63) is 0 Å². The van der Waals surface area contributed by atoms with E-state index in [4.69, 9.17) is 49.9 Å². The predicted octanol–water partition coefficient (Wildman–Crippen LogP) is 3.97. The SMILES string of the molecule is CCCCOC(C(=O)O)(C(C(C)=O)C(=O)O)C(CCCC)(CCCC)C(=O)O.O=C(O)O.O=C(O)O.O=C(O)OO. The molecule has 0 aromatic carbocycles. The van der Waals surface area contributed by atoms with Crippen LogP contribution < -0.4 is 0 Å². The zero-order chi connectivity index (χ0) is 33.4. The van der Waals surface area contributed by atoms with Gasteiger partial charge in [-0.15, -0.1) is 0 Å². The van der Waals surface area contributed by atoms with Crippen LogP contribution in [0.2, 0.25) is 0 Å². The molecule has 2 atom stereocenters. The lowest BCUT2D eigenvalue weighted by Crippen LogP contribution is -2.67. The second-order valence-electron chi connectivity index (χ2n) is 8.14. The minimum absolute atomic E-state index is 0.0890. The highest BCUT2D eigenvalue weighted by Crippen LogP contribution is 2.49. The van der Waals surface area contributed by atoms with Crippen molar-refractivity contribution in [2.45, 2.75) is 84.7 Å². The van der Waals surface area contributed by atoms with Crippen LogP contribution in [-0.2, 0) is 28.8 Å². The molecule has 0 spiro atoms. The number of carboxylic acid groups (broad SMARTS) is 8. The summed E-state index contributed by atoms with van der Waals surface area (Å²) in [6, 6.07) is 0. The van der Waals surface area contributed by atoms with Crippen molar-refractivity contribution >= 4 is 42.2 Å². The summed E-state index contributed by atoms with van der Waals surface area (Å²) in [6.45, 7) is 6.31. The molecule has 0 fully saturated rings. The Balaban J connectivity index is -0.000000435. The summed E-state index contributed by atoms with van der Waals surface area (Å²) in [5.74, 6) is -7.91. The summed E-state index contributed by atoms with van der Waals surface area (Å²) in [7, 11) is 0. The summed E-state index contributed by atoms with van der Waals surface area (Å²) in [5, 5.41) is 72.3. The van der Waals surface area contributed by atoms with E-state index in [1.165, 1.54) is 0 Å². The van der Waals surface area contributed by atoms with Crippen molar-refractivity contribution in [2.75, 3.05) is 6.61 Å². The van der Waals surface area contributed by atoms with E-state index in [0.717, 1.165) is 6.92 Å². The Morgan fingerprint density at radius 3 is 1.20 bits per heavy atom. The number of ether oxygens (including phenoxy) is 1. The quantitative estimate of drug-likeness (QED) is 0.0520. The number of unbranched alkanes of at least 4 members (excludes halogenated alkanes) is 3. The minimum Gasteiger partial charge on any atom is -0.481 e. The van der Waals surface area contributed by atoms with Gasteiger partial charge in [0.05, 0.1) is 0 Å². The third kappa shape index (κ3) is 17.2. The van der Waals surface area contributed by atoms with E-state index < -0.39 is 59.1 Å². The van der Waals surface area contributed by atoms with E-state index in [2.05, 4.69) is 4.89 Å². The highest BCUT2D eigenvalue weighted by Gasteiger charge is 2.69. The molecule has 0 aliphatic heterocycles. The van der Waals surface area contributed by atoms with Gasteiger partial charge in [0.1, 0.15) is 11.2 Å². The van der Waals surface area contributed by atoms with Crippen molar-refractivity contribution in [3.63, 3.8) is 0 Å². The summed E-state index contributed by atoms with van der Waals surface area (Å²) in [6.07, 6.45) is -2.58. The molecular weight excluding hydrogens is 564 g/mol. The van der Waals surface area contributed by atoms with Gasteiger partial charge in [0.25, 0.3) is 0 Å². The summed E-state index contributed by atoms with van der Waals surface area (Å²) in [5.41, 5.74) is -4.72. The molecule has 0 aliphatic carbocycles. The molecule has 2 unspecified atom stereocenters. The molecular formula is C23H40O18. The number of ketones is 1. The number of carboxylic acids is 3. The largest absolute Gasteiger partial charge is 0.537 e. The Labute approximate surface area is 234 Å². The van der Waals surface area contributed by atoms with Gasteiger partial charge in [-0.2, -0.15) is 5.26 Å². The van der Waals surface area contributed by atoms with Gasteiger partial charge in [0, 0.05) is 6.61 Å². The molecule has 0 amide bonds. The third-order valence-electron chi connectivity index (χ3n) is 5.32. The monoisotopic (exact) mass is 604 g/mol. The van der Waals surface area contributed by atoms with Gasteiger partial charge >= 0.3 is 36.4 Å². The standard InChI is InChI=1S/C20H34O8.CH2O4.2CH2O3/c1-5-8-11-19(17(24)25,12-9-6-2)20(18(26)27,28-13-10-7-3)15(14(4)21)16(22)23;2-1(3)5-4;2*2-1(3)4/h15H,5-13H2,1-4H3,(H,22,23)(H,24,25)(H,26,27);4H,(H,2,3);2*(H2,2,3,4). The number of rotatable bonds is 16. The Morgan fingerprint density at radius 2 is 1.00 bits per heavy atom. The number of carbonyl (C=O) groups excluding carboxylic acids is 1. The van der Waals surface area contributed by atoms with Crippen LogP contribution in [0, 0.1) is 11.3 Å². The topological polar surface area (TPSA) is 320 Å². The van der Waals surface area contributed by atoms with Crippen LogP contribution in [0.15, 0.2) is 0 Å². The molecule has 9 N–H and O–H groups in total. The van der Waals surface area contributed by atoms with Crippen molar-refractivity contribution in [2.24, 2.45) is 11.3 Å². The van der Waals surface area contributed by atoms with E-state index in [-0.39, 0.29) is 19.4 Å². The van der Waals surface area contributed by atoms with Crippen LogP contribution in [0.5, 0.6) is 0 Å². The fourth-order valence-corrected chi connectivity index (χ4v) is 3.73. The van der Waals surface area contributed by atoms with Crippen LogP contribution in [0.3, 0.4) is 0 Å². The Kier molecular flexibility index (Phi) is 25.3. The normalized spacial score (nSPS) is 12.1. The first-order valence-electron chi connectivity index (χ1n) is 12.0. The molecule has 18 heteroatoms. The summed E-state index contributed by atoms with van der Waals surface area (Å²) >= 11 is 0. The van der Waals surface area contributed by atoms with Gasteiger partial charge in [-0.1, -0.05) is 52.9 Å². The van der Waals surface area contributed by atoms with Crippen LogP contribution in [0.1, 0.15) is 79.1 Å². The third-order valence-corrected chi connectivity index (χ3v) is 5.32. The maximum absolute atomic E-state index is 12.5. The number of hydrogen-bond donors (Lipinski definition) is 9. The Bertz CT molecular complexity index is 796. The van der Waals surface area contributed by atoms with Crippen molar-refractivity contribution in [3.8, 4) is 0 Å². The highest BCUT2D eigenvalue weighted by atomic mass is 17.1. The molecule has 41 heavy (non-hydrogen) atoms. The molecule has 18 nitrogen and oxygen atoms in total. The lowest BCUT2D eigenvalue weighted by atomic mass is 9.59. The maximum atomic E-state index is 12.5. The van der Waals surface area contributed by atoms with Crippen LogP contribution >= 0.6 is 0 Å². The zero-order valence-corrected chi connectivity index (χ0v) is 23.1. The van der Waals surface area contributed by atoms with E-state index in [1.807, 2.05) is 20.8 Å². The van der Waals surface area contributed by atoms with E-state index in [1.54, 1.807) is 0 Å². The number of carbonyl (C=O) groups is 7. The van der Waals surface area contributed by atoms with Gasteiger partial charge < -0.3 is 45.6 Å². The van der Waals surface area contributed by atoms with Gasteiger partial charge in [0.15, 0.2) is 5.92 Å². The molecule has 0 heterocycles. The lowest BCUT2D eigenvalue weighted by molar-refractivity contribution is -0.219.